The van der Waals surface area contributed by atoms with E-state index in [0.717, 1.165) is 13.1 Å². The number of amides is 3. The van der Waals surface area contributed by atoms with Gasteiger partial charge in [-0.1, -0.05) is 19.9 Å². The van der Waals surface area contributed by atoms with Crippen LogP contribution in [-0.4, -0.2) is 67.7 Å². The van der Waals surface area contributed by atoms with Gasteiger partial charge in [-0.3, -0.25) is 9.69 Å². The van der Waals surface area contributed by atoms with Crippen LogP contribution in [0.5, 0.6) is 0 Å². The Kier molecular flexibility index (Phi) is 8.24. The minimum atomic E-state index is -0.279. The number of morpholine rings is 1. The first kappa shape index (κ1) is 22.3. The number of benzene rings is 1. The predicted molar refractivity (Wildman–Crippen MR) is 120 cm³/mol. The molecular weight excluding hydrogens is 400 g/mol. The Hall–Kier alpha value is -2.42. The van der Waals surface area contributed by atoms with E-state index in [2.05, 4.69) is 46.2 Å². The summed E-state index contributed by atoms with van der Waals surface area (Å²) < 4.78 is 5.31. The Bertz CT molecular complexity index is 818. The van der Waals surface area contributed by atoms with Crippen molar-refractivity contribution >= 4 is 29.0 Å². The van der Waals surface area contributed by atoms with Crippen molar-refractivity contribution in [1.29, 1.82) is 0 Å². The fourth-order valence-electron chi connectivity index (χ4n) is 3.63. The molecule has 0 saturated carbocycles. The van der Waals surface area contributed by atoms with E-state index in [1.807, 2.05) is 0 Å². The number of hydrogen-bond acceptors (Lipinski definition) is 5. The van der Waals surface area contributed by atoms with Crippen LogP contribution in [0.3, 0.4) is 0 Å². The van der Waals surface area contributed by atoms with Crippen molar-refractivity contribution in [3.63, 3.8) is 0 Å². The molecule has 0 bridgehead atoms. The molecule has 162 valence electrons. The molecular formula is C22H30N4O3S. The maximum absolute atomic E-state index is 12.7. The van der Waals surface area contributed by atoms with Gasteiger partial charge in [0.2, 0.25) is 0 Å². The van der Waals surface area contributed by atoms with E-state index in [4.69, 9.17) is 4.74 Å². The lowest BCUT2D eigenvalue weighted by Gasteiger charge is -2.29. The minimum absolute atomic E-state index is 0.0404. The van der Waals surface area contributed by atoms with E-state index < -0.39 is 0 Å². The number of rotatable bonds is 8. The number of hydrogen-bond donors (Lipinski definition) is 2. The molecule has 1 aliphatic rings. The van der Waals surface area contributed by atoms with E-state index in [1.165, 1.54) is 5.56 Å². The molecule has 0 radical (unpaired) electrons. The quantitative estimate of drug-likeness (QED) is 0.673. The van der Waals surface area contributed by atoms with Crippen LogP contribution in [0.25, 0.3) is 0 Å². The van der Waals surface area contributed by atoms with E-state index >= 15 is 0 Å². The first-order valence-electron chi connectivity index (χ1n) is 10.4. The SMILES string of the molecule is CCN(CC)[C@H](CNC(=O)Nc1cccc(C(=O)N2CCOCC2)c1)c1ccsc1. The lowest BCUT2D eigenvalue weighted by Crippen LogP contribution is -2.40. The molecule has 2 N–H and O–H groups in total. The van der Waals surface area contributed by atoms with Gasteiger partial charge in [0.05, 0.1) is 19.3 Å². The highest BCUT2D eigenvalue weighted by atomic mass is 32.1. The largest absolute Gasteiger partial charge is 0.378 e. The van der Waals surface area contributed by atoms with Crippen molar-refractivity contribution in [3.05, 3.63) is 52.2 Å². The molecule has 1 aromatic carbocycles. The van der Waals surface area contributed by atoms with Gasteiger partial charge in [-0.15, -0.1) is 0 Å². The first-order chi connectivity index (χ1) is 14.6. The van der Waals surface area contributed by atoms with E-state index in [1.54, 1.807) is 40.5 Å². The fourth-order valence-corrected chi connectivity index (χ4v) is 4.34. The number of nitrogens with one attached hydrogen (secondary N) is 2. The number of ether oxygens (including phenoxy) is 1. The van der Waals surface area contributed by atoms with Crippen molar-refractivity contribution in [1.82, 2.24) is 15.1 Å². The van der Waals surface area contributed by atoms with Crippen LogP contribution >= 0.6 is 11.3 Å². The zero-order chi connectivity index (χ0) is 21.3. The molecule has 0 unspecified atom stereocenters. The fraction of sp³-hybridized carbons (Fsp3) is 0.455. The third kappa shape index (κ3) is 5.81. The smallest absolute Gasteiger partial charge is 0.319 e. The number of urea groups is 1. The number of thiophene rings is 1. The average molecular weight is 431 g/mol. The maximum Gasteiger partial charge on any atom is 0.319 e. The Morgan fingerprint density at radius 1 is 1.20 bits per heavy atom. The lowest BCUT2D eigenvalue weighted by molar-refractivity contribution is 0.0303. The van der Waals surface area contributed by atoms with Crippen LogP contribution in [-0.2, 0) is 4.74 Å². The van der Waals surface area contributed by atoms with Gasteiger partial charge in [0.1, 0.15) is 0 Å². The Balaban J connectivity index is 1.59. The highest BCUT2D eigenvalue weighted by Crippen LogP contribution is 2.22. The van der Waals surface area contributed by atoms with Crippen LogP contribution in [0.15, 0.2) is 41.1 Å². The molecule has 1 saturated heterocycles. The molecule has 2 heterocycles. The van der Waals surface area contributed by atoms with Crippen LogP contribution in [0.2, 0.25) is 0 Å². The summed E-state index contributed by atoms with van der Waals surface area (Å²) in [5, 5.41) is 10.0. The molecule has 3 amide bonds. The first-order valence-corrected chi connectivity index (χ1v) is 11.3. The van der Waals surface area contributed by atoms with Gasteiger partial charge >= 0.3 is 6.03 Å². The van der Waals surface area contributed by atoms with Crippen molar-refractivity contribution in [2.45, 2.75) is 19.9 Å². The molecule has 1 fully saturated rings. The Labute approximate surface area is 182 Å². The second kappa shape index (κ2) is 11.1. The average Bonchev–Trinajstić information content (AvgIpc) is 3.31. The van der Waals surface area contributed by atoms with Crippen LogP contribution in [0.1, 0.15) is 35.8 Å². The van der Waals surface area contributed by atoms with Gasteiger partial charge in [0.25, 0.3) is 5.91 Å². The Morgan fingerprint density at radius 2 is 1.97 bits per heavy atom. The van der Waals surface area contributed by atoms with Crippen molar-refractivity contribution in [2.75, 3.05) is 51.3 Å². The third-order valence-electron chi connectivity index (χ3n) is 5.30. The second-order valence-electron chi connectivity index (χ2n) is 7.11. The number of likely N-dealkylation sites (N-methyl/N-ethyl adjacent to an activating group) is 1. The van der Waals surface area contributed by atoms with Crippen LogP contribution in [0.4, 0.5) is 10.5 Å². The van der Waals surface area contributed by atoms with E-state index in [9.17, 15) is 9.59 Å². The number of anilines is 1. The molecule has 1 aliphatic heterocycles. The summed E-state index contributed by atoms with van der Waals surface area (Å²) in [4.78, 5) is 29.3. The normalized spacial score (nSPS) is 15.1. The molecule has 1 aromatic heterocycles. The molecule has 3 rings (SSSR count). The summed E-state index contributed by atoms with van der Waals surface area (Å²) in [5.74, 6) is -0.0404. The molecule has 2 aromatic rings. The molecule has 7 nitrogen and oxygen atoms in total. The number of carbonyl (C=O) groups is 2. The van der Waals surface area contributed by atoms with Crippen molar-refractivity contribution in [2.24, 2.45) is 0 Å². The van der Waals surface area contributed by atoms with Crippen molar-refractivity contribution in [3.8, 4) is 0 Å². The summed E-state index contributed by atoms with van der Waals surface area (Å²) in [7, 11) is 0. The molecule has 30 heavy (non-hydrogen) atoms. The maximum atomic E-state index is 12.7. The van der Waals surface area contributed by atoms with Gasteiger partial charge in [-0.25, -0.2) is 4.79 Å². The second-order valence-corrected chi connectivity index (χ2v) is 7.89. The van der Waals surface area contributed by atoms with Crippen LogP contribution in [0, 0.1) is 0 Å². The standard InChI is InChI=1S/C22H30N4O3S/c1-3-25(4-2)20(18-8-13-30-16-18)15-23-22(28)24-19-7-5-6-17(14-19)21(27)26-9-11-29-12-10-26/h5-8,13-14,16,20H,3-4,9-12,15H2,1-2H3,(H2,23,24,28)/t20-/m1/s1. The highest BCUT2D eigenvalue weighted by Gasteiger charge is 2.20. The van der Waals surface area contributed by atoms with Crippen LogP contribution < -0.4 is 10.6 Å². The van der Waals surface area contributed by atoms with E-state index in [0.29, 0.717) is 44.1 Å². The molecule has 8 heteroatoms. The molecule has 0 spiro atoms. The zero-order valence-corrected chi connectivity index (χ0v) is 18.4. The summed E-state index contributed by atoms with van der Waals surface area (Å²) in [6.07, 6.45) is 0. The number of carbonyl (C=O) groups excluding carboxylic acids is 2. The monoisotopic (exact) mass is 430 g/mol. The topological polar surface area (TPSA) is 73.9 Å². The summed E-state index contributed by atoms with van der Waals surface area (Å²) in [6, 6.07) is 9.02. The highest BCUT2D eigenvalue weighted by molar-refractivity contribution is 7.08. The lowest BCUT2D eigenvalue weighted by atomic mass is 10.1. The zero-order valence-electron chi connectivity index (χ0n) is 17.6. The van der Waals surface area contributed by atoms with Crippen molar-refractivity contribution < 1.29 is 14.3 Å². The summed E-state index contributed by atoms with van der Waals surface area (Å²) in [5.41, 5.74) is 2.37. The van der Waals surface area contributed by atoms with E-state index in [-0.39, 0.29) is 18.0 Å². The predicted octanol–water partition coefficient (Wildman–Crippen LogP) is 3.43. The van der Waals surface area contributed by atoms with Gasteiger partial charge in [0.15, 0.2) is 0 Å². The van der Waals surface area contributed by atoms with Gasteiger partial charge in [-0.05, 0) is 53.7 Å². The van der Waals surface area contributed by atoms with Gasteiger partial charge < -0.3 is 20.3 Å². The number of nitrogens with zero attached hydrogens (tertiary/aromatic N) is 2. The summed E-state index contributed by atoms with van der Waals surface area (Å²) in [6.45, 7) is 8.88. The van der Waals surface area contributed by atoms with Gasteiger partial charge in [0, 0.05) is 30.9 Å². The molecule has 0 aliphatic carbocycles. The third-order valence-corrected chi connectivity index (χ3v) is 6.00. The minimum Gasteiger partial charge on any atom is -0.378 e. The van der Waals surface area contributed by atoms with Gasteiger partial charge in [-0.2, -0.15) is 11.3 Å². The summed E-state index contributed by atoms with van der Waals surface area (Å²) >= 11 is 1.66. The Morgan fingerprint density at radius 3 is 2.63 bits per heavy atom. The molecule has 1 atom stereocenters.